The van der Waals surface area contributed by atoms with Gasteiger partial charge in [-0.15, -0.1) is 0 Å². The zero-order chi connectivity index (χ0) is 15.1. The Bertz CT molecular complexity index is 768. The van der Waals surface area contributed by atoms with Crippen LogP contribution in [0.4, 0.5) is 5.69 Å². The number of nitrogens with two attached hydrogens (primary N) is 1. The van der Waals surface area contributed by atoms with Crippen LogP contribution in [0.3, 0.4) is 0 Å². The van der Waals surface area contributed by atoms with Crippen molar-refractivity contribution in [1.82, 2.24) is 4.31 Å². The summed E-state index contributed by atoms with van der Waals surface area (Å²) < 4.78 is 47.1. The minimum Gasteiger partial charge on any atom is -0.399 e. The van der Waals surface area contributed by atoms with Gasteiger partial charge in [-0.3, -0.25) is 4.79 Å². The van der Waals surface area contributed by atoms with Gasteiger partial charge in [0.25, 0.3) is 15.9 Å². The normalized spacial score (nSPS) is 17.2. The molecule has 1 heterocycles. The molecule has 1 amide bonds. The third-order valence-electron chi connectivity index (χ3n) is 2.90. The van der Waals surface area contributed by atoms with E-state index in [1.54, 1.807) is 0 Å². The Hall–Kier alpha value is -1.61. The Labute approximate surface area is 117 Å². The Morgan fingerprint density at radius 2 is 1.95 bits per heavy atom. The molecule has 0 aromatic heterocycles. The van der Waals surface area contributed by atoms with Gasteiger partial charge in [-0.1, -0.05) is 0 Å². The number of benzene rings is 1. The molecule has 110 valence electrons. The Kier molecular flexibility index (Phi) is 3.51. The van der Waals surface area contributed by atoms with Crippen molar-refractivity contribution in [3.63, 3.8) is 0 Å². The minimum absolute atomic E-state index is 0.0318. The number of carbonyl (C=O) groups excluding carboxylic acids is 1. The van der Waals surface area contributed by atoms with Gasteiger partial charge >= 0.3 is 0 Å². The average molecular weight is 318 g/mol. The summed E-state index contributed by atoms with van der Waals surface area (Å²) in [7, 11) is -7.09. The molecule has 0 unspecified atom stereocenters. The van der Waals surface area contributed by atoms with Crippen LogP contribution in [0, 0.1) is 0 Å². The van der Waals surface area contributed by atoms with E-state index >= 15 is 0 Å². The van der Waals surface area contributed by atoms with Crippen molar-refractivity contribution in [3.05, 3.63) is 23.8 Å². The van der Waals surface area contributed by atoms with Crippen LogP contribution in [0.25, 0.3) is 0 Å². The van der Waals surface area contributed by atoms with E-state index in [9.17, 15) is 21.6 Å². The largest absolute Gasteiger partial charge is 0.399 e. The fourth-order valence-electron chi connectivity index (χ4n) is 1.99. The molecule has 0 aliphatic carbocycles. The molecular weight excluding hydrogens is 304 g/mol. The highest BCUT2D eigenvalue weighted by Crippen LogP contribution is 2.31. The molecule has 2 N–H and O–H groups in total. The van der Waals surface area contributed by atoms with Crippen LogP contribution < -0.4 is 5.73 Å². The summed E-state index contributed by atoms with van der Waals surface area (Å²) in [6, 6.07) is 4.00. The first kappa shape index (κ1) is 14.8. The molecule has 7 nitrogen and oxygen atoms in total. The SMILES string of the molecule is CS(=O)(=O)CCCN1C(=O)c2cc(N)ccc2S1(=O)=O. The van der Waals surface area contributed by atoms with Crippen molar-refractivity contribution in [2.75, 3.05) is 24.3 Å². The molecule has 0 radical (unpaired) electrons. The lowest BCUT2D eigenvalue weighted by Gasteiger charge is -2.14. The van der Waals surface area contributed by atoms with E-state index in [2.05, 4.69) is 0 Å². The highest BCUT2D eigenvalue weighted by molar-refractivity contribution is 7.90. The van der Waals surface area contributed by atoms with E-state index < -0.39 is 25.8 Å². The summed E-state index contributed by atoms with van der Waals surface area (Å²) >= 11 is 0. The second-order valence-corrected chi connectivity index (χ2v) is 8.71. The minimum atomic E-state index is -3.90. The summed E-state index contributed by atoms with van der Waals surface area (Å²) in [4.78, 5) is 12.0. The molecule has 1 aromatic carbocycles. The molecule has 1 aromatic rings. The van der Waals surface area contributed by atoms with Crippen LogP contribution in [0.15, 0.2) is 23.1 Å². The second-order valence-electron chi connectivity index (χ2n) is 4.62. The van der Waals surface area contributed by atoms with Gasteiger partial charge in [-0.2, -0.15) is 0 Å². The van der Waals surface area contributed by atoms with Crippen molar-refractivity contribution in [2.45, 2.75) is 11.3 Å². The molecule has 0 fully saturated rings. The lowest BCUT2D eigenvalue weighted by Crippen LogP contribution is -2.31. The molecular formula is C11H14N2O5S2. The summed E-state index contributed by atoms with van der Waals surface area (Å²) in [5.74, 6) is -0.842. The molecule has 0 spiro atoms. The fraction of sp³-hybridized carbons (Fsp3) is 0.364. The number of rotatable bonds is 4. The van der Waals surface area contributed by atoms with Crippen LogP contribution in [0.2, 0.25) is 0 Å². The molecule has 0 saturated carbocycles. The molecule has 0 saturated heterocycles. The van der Waals surface area contributed by atoms with Crippen LogP contribution in [0.5, 0.6) is 0 Å². The van der Waals surface area contributed by atoms with E-state index in [4.69, 9.17) is 5.73 Å². The number of hydrogen-bond acceptors (Lipinski definition) is 6. The van der Waals surface area contributed by atoms with E-state index in [-0.39, 0.29) is 29.2 Å². The first-order valence-corrected chi connectivity index (χ1v) is 9.27. The third-order valence-corrected chi connectivity index (χ3v) is 5.78. The second kappa shape index (κ2) is 4.74. The fourth-order valence-corrected chi connectivity index (χ4v) is 4.24. The topological polar surface area (TPSA) is 115 Å². The van der Waals surface area contributed by atoms with Gasteiger partial charge in [-0.05, 0) is 24.6 Å². The number of nitrogen functional groups attached to an aromatic ring is 1. The maximum Gasteiger partial charge on any atom is 0.269 e. The van der Waals surface area contributed by atoms with E-state index in [1.807, 2.05) is 0 Å². The van der Waals surface area contributed by atoms with Crippen LogP contribution in [0.1, 0.15) is 16.8 Å². The Morgan fingerprint density at radius 3 is 2.55 bits per heavy atom. The van der Waals surface area contributed by atoms with Gasteiger partial charge in [0.2, 0.25) is 0 Å². The number of fused-ring (bicyclic) bond motifs is 1. The van der Waals surface area contributed by atoms with E-state index in [0.29, 0.717) is 9.99 Å². The van der Waals surface area contributed by atoms with Crippen molar-refractivity contribution in [2.24, 2.45) is 0 Å². The molecule has 20 heavy (non-hydrogen) atoms. The standard InChI is InChI=1S/C11H14N2O5S2/c1-19(15,16)6-2-5-13-11(14)9-7-8(12)3-4-10(9)20(13,17)18/h3-4,7H,2,5-6,12H2,1H3. The number of carbonyl (C=O) groups is 1. The zero-order valence-electron chi connectivity index (χ0n) is 10.7. The first-order chi connectivity index (χ1) is 9.13. The number of sulfonamides is 1. The lowest BCUT2D eigenvalue weighted by atomic mass is 10.2. The highest BCUT2D eigenvalue weighted by atomic mass is 32.2. The lowest BCUT2D eigenvalue weighted by molar-refractivity contribution is 0.0871. The van der Waals surface area contributed by atoms with Gasteiger partial charge in [0.15, 0.2) is 0 Å². The van der Waals surface area contributed by atoms with Crippen LogP contribution >= 0.6 is 0 Å². The summed E-state index contributed by atoms with van der Waals surface area (Å²) in [6.07, 6.45) is 1.12. The van der Waals surface area contributed by atoms with Gasteiger partial charge < -0.3 is 5.73 Å². The molecule has 2 rings (SSSR count). The van der Waals surface area contributed by atoms with Crippen molar-refractivity contribution in [1.29, 1.82) is 0 Å². The van der Waals surface area contributed by atoms with E-state index in [1.165, 1.54) is 18.2 Å². The first-order valence-electron chi connectivity index (χ1n) is 5.77. The van der Waals surface area contributed by atoms with Gasteiger partial charge in [0.1, 0.15) is 14.7 Å². The summed E-state index contributed by atoms with van der Waals surface area (Å²) in [5.41, 5.74) is 5.87. The van der Waals surface area contributed by atoms with E-state index in [0.717, 1.165) is 6.26 Å². The van der Waals surface area contributed by atoms with Gasteiger partial charge in [0, 0.05) is 18.5 Å². The van der Waals surface area contributed by atoms with Crippen molar-refractivity contribution in [3.8, 4) is 0 Å². The molecule has 0 bridgehead atoms. The summed E-state index contributed by atoms with van der Waals surface area (Å²) in [5, 5.41) is 0. The van der Waals surface area contributed by atoms with Gasteiger partial charge in [0.05, 0.1) is 11.3 Å². The van der Waals surface area contributed by atoms with Crippen LogP contribution in [-0.4, -0.2) is 45.6 Å². The number of amides is 1. The van der Waals surface area contributed by atoms with Gasteiger partial charge in [-0.25, -0.2) is 21.1 Å². The predicted molar refractivity (Wildman–Crippen MR) is 73.4 cm³/mol. The van der Waals surface area contributed by atoms with Crippen molar-refractivity contribution >= 4 is 31.5 Å². The molecule has 0 atom stereocenters. The third kappa shape index (κ3) is 2.63. The zero-order valence-corrected chi connectivity index (χ0v) is 12.4. The van der Waals surface area contributed by atoms with Crippen LogP contribution in [-0.2, 0) is 19.9 Å². The monoisotopic (exact) mass is 318 g/mol. The maximum atomic E-state index is 12.2. The van der Waals surface area contributed by atoms with Crippen molar-refractivity contribution < 1.29 is 21.6 Å². The Balaban J connectivity index is 2.28. The molecule has 1 aliphatic heterocycles. The quantitative estimate of drug-likeness (QED) is 0.772. The number of anilines is 1. The smallest absolute Gasteiger partial charge is 0.269 e. The molecule has 9 heteroatoms. The number of hydrogen-bond donors (Lipinski definition) is 1. The molecule has 1 aliphatic rings. The number of nitrogens with zero attached hydrogens (tertiary/aromatic N) is 1. The average Bonchev–Trinajstić information content (AvgIpc) is 2.48. The Morgan fingerprint density at radius 1 is 1.30 bits per heavy atom. The highest BCUT2D eigenvalue weighted by Gasteiger charge is 2.40. The number of sulfone groups is 1. The maximum absolute atomic E-state index is 12.2. The predicted octanol–water partition coefficient (Wildman–Crippen LogP) is -0.152. The summed E-state index contributed by atoms with van der Waals surface area (Å²) in [6.45, 7) is -0.164.